The van der Waals surface area contributed by atoms with E-state index < -0.39 is 0 Å². The largest absolute Gasteiger partial charge is 0.374 e. The third-order valence-electron chi connectivity index (χ3n) is 4.41. The number of hydrogen-bond donors (Lipinski definition) is 1. The number of hydrogen-bond acceptors (Lipinski definition) is 2. The van der Waals surface area contributed by atoms with E-state index in [2.05, 4.69) is 26.1 Å². The van der Waals surface area contributed by atoms with Crippen molar-refractivity contribution in [1.82, 2.24) is 5.32 Å². The Morgan fingerprint density at radius 3 is 2.38 bits per heavy atom. The van der Waals surface area contributed by atoms with E-state index >= 15 is 0 Å². The Bertz CT molecular complexity index is 205. The first-order chi connectivity index (χ1) is 7.56. The quantitative estimate of drug-likeness (QED) is 0.742. The molecule has 16 heavy (non-hydrogen) atoms. The van der Waals surface area contributed by atoms with Gasteiger partial charge in [-0.05, 0) is 37.1 Å². The van der Waals surface area contributed by atoms with E-state index in [1.165, 1.54) is 19.3 Å². The summed E-state index contributed by atoms with van der Waals surface area (Å²) >= 11 is 0. The fourth-order valence-electron chi connectivity index (χ4n) is 2.86. The molecule has 2 nitrogen and oxygen atoms in total. The maximum Gasteiger partial charge on any atom is 0.0823 e. The highest BCUT2D eigenvalue weighted by Gasteiger charge is 2.46. The monoisotopic (exact) mass is 227 g/mol. The molecule has 0 amide bonds. The van der Waals surface area contributed by atoms with Crippen molar-refractivity contribution in [3.05, 3.63) is 0 Å². The predicted molar refractivity (Wildman–Crippen MR) is 69.7 cm³/mol. The van der Waals surface area contributed by atoms with Gasteiger partial charge in [-0.25, -0.2) is 0 Å². The molecule has 1 spiro atoms. The molecule has 2 aliphatic rings. The van der Waals surface area contributed by atoms with Crippen LogP contribution in [-0.2, 0) is 4.74 Å². The molecule has 96 valence electrons. The van der Waals surface area contributed by atoms with Crippen LogP contribution in [0.15, 0.2) is 0 Å². The van der Waals surface area contributed by atoms with Gasteiger partial charge in [-0.2, -0.15) is 0 Å². The molecule has 2 rings (SSSR count). The molecule has 0 radical (unpaired) electrons. The molecule has 0 saturated carbocycles. The van der Waals surface area contributed by atoms with Gasteiger partial charge >= 0.3 is 0 Å². The number of nitrogens with one attached hydrogen (secondary N) is 1. The Morgan fingerprint density at radius 1 is 1.19 bits per heavy atom. The molecule has 2 atom stereocenters. The molecule has 0 aromatic rings. The normalized spacial score (nSPS) is 38.6. The molecule has 0 bridgehead atoms. The Hall–Kier alpha value is -0.0800. The lowest BCUT2D eigenvalue weighted by Crippen LogP contribution is -2.47. The van der Waals surface area contributed by atoms with Crippen molar-refractivity contribution in [2.75, 3.05) is 19.7 Å². The molecule has 2 fully saturated rings. The van der Waals surface area contributed by atoms with E-state index in [-0.39, 0.29) is 5.60 Å². The first-order valence-electron chi connectivity index (χ1n) is 6.91. The summed E-state index contributed by atoms with van der Waals surface area (Å²) in [6.07, 6.45) is 3.67. The molecule has 2 aliphatic heterocycles. The van der Waals surface area contributed by atoms with Crippen LogP contribution in [0.25, 0.3) is 0 Å². The predicted octanol–water partition coefficient (Wildman–Crippen LogP) is 3.22. The number of rotatable bonds is 1. The van der Waals surface area contributed by atoms with Gasteiger partial charge in [0.2, 0.25) is 0 Å². The highest BCUT2D eigenvalue weighted by Crippen LogP contribution is 2.45. The number of ether oxygens (including phenoxy) is 1. The SMILES string of the molecule is CC.CC(C)C1(C)CCOC2(CCNC2)C1. The zero-order valence-electron chi connectivity index (χ0n) is 11.7. The fourth-order valence-corrected chi connectivity index (χ4v) is 2.86. The van der Waals surface area contributed by atoms with Crippen LogP contribution in [0.2, 0.25) is 0 Å². The Balaban J connectivity index is 0.000000606. The summed E-state index contributed by atoms with van der Waals surface area (Å²) in [6, 6.07) is 0. The third-order valence-corrected chi connectivity index (χ3v) is 4.41. The van der Waals surface area contributed by atoms with Crippen molar-refractivity contribution in [3.8, 4) is 0 Å². The minimum Gasteiger partial charge on any atom is -0.374 e. The molecule has 0 aromatic carbocycles. The molecule has 1 N–H and O–H groups in total. The van der Waals surface area contributed by atoms with Gasteiger partial charge in [-0.1, -0.05) is 34.6 Å². The Labute approximate surface area is 101 Å². The van der Waals surface area contributed by atoms with Gasteiger partial charge < -0.3 is 10.1 Å². The van der Waals surface area contributed by atoms with Crippen LogP contribution in [0.3, 0.4) is 0 Å². The molecule has 0 aromatic heterocycles. The van der Waals surface area contributed by atoms with Gasteiger partial charge in [-0.15, -0.1) is 0 Å². The lowest BCUT2D eigenvalue weighted by atomic mass is 9.67. The molecule has 2 saturated heterocycles. The van der Waals surface area contributed by atoms with Crippen molar-refractivity contribution >= 4 is 0 Å². The van der Waals surface area contributed by atoms with E-state index in [0.717, 1.165) is 25.6 Å². The summed E-state index contributed by atoms with van der Waals surface area (Å²) in [5.41, 5.74) is 0.668. The second kappa shape index (κ2) is 5.50. The van der Waals surface area contributed by atoms with Crippen molar-refractivity contribution in [3.63, 3.8) is 0 Å². The minimum atomic E-state index is 0.178. The van der Waals surface area contributed by atoms with Crippen molar-refractivity contribution < 1.29 is 4.74 Å². The molecular weight excluding hydrogens is 198 g/mol. The third kappa shape index (κ3) is 2.78. The van der Waals surface area contributed by atoms with Crippen LogP contribution in [-0.4, -0.2) is 25.3 Å². The van der Waals surface area contributed by atoms with Crippen LogP contribution in [0.1, 0.15) is 53.9 Å². The lowest BCUT2D eigenvalue weighted by molar-refractivity contribution is -0.121. The van der Waals surface area contributed by atoms with Crippen LogP contribution in [0, 0.1) is 11.3 Å². The Morgan fingerprint density at radius 2 is 1.88 bits per heavy atom. The average Bonchev–Trinajstić information content (AvgIpc) is 2.69. The van der Waals surface area contributed by atoms with Crippen molar-refractivity contribution in [2.45, 2.75) is 59.5 Å². The molecule has 0 aliphatic carbocycles. The summed E-state index contributed by atoms with van der Waals surface area (Å²) in [7, 11) is 0. The molecular formula is C14H29NO. The molecule has 2 heterocycles. The van der Waals surface area contributed by atoms with Crippen LogP contribution >= 0.6 is 0 Å². The van der Waals surface area contributed by atoms with Gasteiger partial charge in [0.25, 0.3) is 0 Å². The average molecular weight is 227 g/mol. The van der Waals surface area contributed by atoms with Crippen molar-refractivity contribution in [2.24, 2.45) is 11.3 Å². The second-order valence-electron chi connectivity index (χ2n) is 5.69. The lowest BCUT2D eigenvalue weighted by Gasteiger charge is -2.46. The van der Waals surface area contributed by atoms with Crippen LogP contribution in [0.5, 0.6) is 0 Å². The van der Waals surface area contributed by atoms with E-state index in [0.29, 0.717) is 5.41 Å². The summed E-state index contributed by atoms with van der Waals surface area (Å²) in [5.74, 6) is 0.767. The first-order valence-corrected chi connectivity index (χ1v) is 6.91. The first kappa shape index (κ1) is 14.0. The standard InChI is InChI=1S/C12H23NO.C2H6/c1-10(2)11(3)5-7-14-12(8-11)4-6-13-9-12;1-2/h10,13H,4-9H2,1-3H3;1-2H3. The van der Waals surface area contributed by atoms with Crippen LogP contribution < -0.4 is 5.32 Å². The topological polar surface area (TPSA) is 21.3 Å². The van der Waals surface area contributed by atoms with Gasteiger partial charge in [0.1, 0.15) is 0 Å². The van der Waals surface area contributed by atoms with Crippen molar-refractivity contribution in [1.29, 1.82) is 0 Å². The fraction of sp³-hybridized carbons (Fsp3) is 1.00. The summed E-state index contributed by atoms with van der Waals surface area (Å²) in [5, 5.41) is 3.43. The highest BCUT2D eigenvalue weighted by atomic mass is 16.5. The summed E-state index contributed by atoms with van der Waals surface area (Å²) in [4.78, 5) is 0. The van der Waals surface area contributed by atoms with E-state index in [1.807, 2.05) is 13.8 Å². The minimum absolute atomic E-state index is 0.178. The summed E-state index contributed by atoms with van der Waals surface area (Å²) < 4.78 is 6.01. The van der Waals surface area contributed by atoms with Gasteiger partial charge in [0, 0.05) is 13.2 Å². The van der Waals surface area contributed by atoms with Gasteiger partial charge in [0.15, 0.2) is 0 Å². The van der Waals surface area contributed by atoms with Gasteiger partial charge in [0.05, 0.1) is 5.60 Å². The smallest absolute Gasteiger partial charge is 0.0823 e. The molecule has 2 unspecified atom stereocenters. The second-order valence-corrected chi connectivity index (χ2v) is 5.69. The summed E-state index contributed by atoms with van der Waals surface area (Å²) in [6.45, 7) is 14.3. The zero-order valence-corrected chi connectivity index (χ0v) is 11.7. The van der Waals surface area contributed by atoms with E-state index in [9.17, 15) is 0 Å². The maximum atomic E-state index is 6.01. The maximum absolute atomic E-state index is 6.01. The van der Waals surface area contributed by atoms with E-state index in [4.69, 9.17) is 4.74 Å². The molecule has 2 heteroatoms. The zero-order chi connectivity index (χ0) is 12.2. The van der Waals surface area contributed by atoms with Crippen LogP contribution in [0.4, 0.5) is 0 Å². The highest BCUT2D eigenvalue weighted by molar-refractivity contribution is 4.98. The van der Waals surface area contributed by atoms with Gasteiger partial charge in [-0.3, -0.25) is 0 Å². The van der Waals surface area contributed by atoms with E-state index in [1.54, 1.807) is 0 Å². The Kier molecular flexibility index (Phi) is 4.81.